The molecule has 0 radical (unpaired) electrons. The predicted octanol–water partition coefficient (Wildman–Crippen LogP) is 4.06. The first kappa shape index (κ1) is 30.4. The van der Waals surface area contributed by atoms with E-state index in [0.29, 0.717) is 13.0 Å². The molecule has 1 amide bonds. The zero-order valence-corrected chi connectivity index (χ0v) is 25.6. The van der Waals surface area contributed by atoms with Gasteiger partial charge in [0.25, 0.3) is 0 Å². The fraction of sp³-hybridized carbons (Fsp3) is 0.759. The third kappa shape index (κ3) is 6.86. The Morgan fingerprint density at radius 3 is 2.44 bits per heavy atom. The van der Waals surface area contributed by atoms with E-state index in [-0.39, 0.29) is 24.4 Å². The molecule has 0 aliphatic carbocycles. The van der Waals surface area contributed by atoms with Crippen LogP contribution < -0.4 is 0 Å². The van der Waals surface area contributed by atoms with Crippen LogP contribution in [0.15, 0.2) is 30.3 Å². The maximum atomic E-state index is 13.4. The van der Waals surface area contributed by atoms with Crippen LogP contribution in [0.3, 0.4) is 0 Å². The number of likely N-dealkylation sites (tertiary alicyclic amines) is 1. The minimum Gasteiger partial charge on any atom is -0.444 e. The van der Waals surface area contributed by atoms with E-state index in [1.807, 2.05) is 51.1 Å². The molecule has 3 aliphatic rings. The van der Waals surface area contributed by atoms with E-state index in [4.69, 9.17) is 23.4 Å². The van der Waals surface area contributed by atoms with E-state index < -0.39 is 62.7 Å². The lowest BCUT2D eigenvalue weighted by Gasteiger charge is -2.43. The number of hydrogen-bond donors (Lipinski definition) is 2. The van der Waals surface area contributed by atoms with Crippen LogP contribution in [-0.2, 0) is 30.0 Å². The molecular weight excluding hydrogens is 518 g/mol. The molecule has 0 unspecified atom stereocenters. The van der Waals surface area contributed by atoms with Crippen LogP contribution >= 0.6 is 0 Å². The quantitative estimate of drug-likeness (QED) is 0.477. The SMILES string of the molecule is CC(C)(C)OC(=O)N1C[C@H](O[Si](C)(C)C(C)(C)C)C[C@H]1[C@H](O)[C@H]1[C@@H](O)[C@H]2CO[C@H](O2)[C@@H]1OCc1ccccc1. The highest BCUT2D eigenvalue weighted by Crippen LogP contribution is 2.42. The van der Waals surface area contributed by atoms with Gasteiger partial charge in [0, 0.05) is 12.5 Å². The Hall–Kier alpha value is -1.53. The number of benzene rings is 1. The molecule has 39 heavy (non-hydrogen) atoms. The van der Waals surface area contributed by atoms with Crippen molar-refractivity contribution < 1.29 is 38.4 Å². The lowest BCUT2D eigenvalue weighted by Crippen LogP contribution is -2.59. The summed E-state index contributed by atoms with van der Waals surface area (Å²) in [5, 5.41) is 23.2. The molecular formula is C29H47NO8Si. The van der Waals surface area contributed by atoms with Crippen LogP contribution in [0.4, 0.5) is 4.79 Å². The van der Waals surface area contributed by atoms with E-state index in [1.54, 1.807) is 4.90 Å². The highest BCUT2D eigenvalue weighted by Gasteiger charge is 2.57. The second-order valence-electron chi connectivity index (χ2n) is 13.6. The maximum absolute atomic E-state index is 13.4. The second-order valence-corrected chi connectivity index (χ2v) is 18.4. The first-order valence-electron chi connectivity index (χ1n) is 14.0. The molecule has 0 saturated carbocycles. The molecule has 4 rings (SSSR count). The topological polar surface area (TPSA) is 107 Å². The van der Waals surface area contributed by atoms with Crippen molar-refractivity contribution in [3.05, 3.63) is 35.9 Å². The minimum absolute atomic E-state index is 0.00966. The molecule has 2 bridgehead atoms. The van der Waals surface area contributed by atoms with Gasteiger partial charge < -0.3 is 33.6 Å². The van der Waals surface area contributed by atoms with Crippen molar-refractivity contribution in [3.8, 4) is 0 Å². The van der Waals surface area contributed by atoms with Crippen LogP contribution in [0.2, 0.25) is 18.1 Å². The van der Waals surface area contributed by atoms with E-state index >= 15 is 0 Å². The predicted molar refractivity (Wildman–Crippen MR) is 149 cm³/mol. The Kier molecular flexibility index (Phi) is 8.88. The molecule has 3 fully saturated rings. The normalized spacial score (nSPS) is 32.4. The van der Waals surface area contributed by atoms with Crippen molar-refractivity contribution in [2.75, 3.05) is 13.2 Å². The van der Waals surface area contributed by atoms with Crippen LogP contribution in [-0.4, -0.2) is 91.1 Å². The van der Waals surface area contributed by atoms with Gasteiger partial charge in [-0.15, -0.1) is 0 Å². The van der Waals surface area contributed by atoms with Crippen LogP contribution in [0.5, 0.6) is 0 Å². The monoisotopic (exact) mass is 565 g/mol. The number of carbonyl (C=O) groups is 1. The first-order valence-corrected chi connectivity index (χ1v) is 16.9. The molecule has 2 N–H and O–H groups in total. The van der Waals surface area contributed by atoms with Gasteiger partial charge in [-0.25, -0.2) is 4.79 Å². The summed E-state index contributed by atoms with van der Waals surface area (Å²) in [4.78, 5) is 15.0. The molecule has 220 valence electrons. The molecule has 9 nitrogen and oxygen atoms in total. The summed E-state index contributed by atoms with van der Waals surface area (Å²) in [6.07, 6.45) is -4.48. The van der Waals surface area contributed by atoms with Gasteiger partial charge in [-0.2, -0.15) is 0 Å². The van der Waals surface area contributed by atoms with E-state index in [9.17, 15) is 15.0 Å². The largest absolute Gasteiger partial charge is 0.444 e. The van der Waals surface area contributed by atoms with Crippen molar-refractivity contribution in [2.24, 2.45) is 5.92 Å². The molecule has 3 saturated heterocycles. The van der Waals surface area contributed by atoms with Crippen molar-refractivity contribution >= 4 is 14.4 Å². The number of fused-ring (bicyclic) bond motifs is 2. The van der Waals surface area contributed by atoms with Crippen molar-refractivity contribution in [1.29, 1.82) is 0 Å². The Morgan fingerprint density at radius 1 is 1.15 bits per heavy atom. The lowest BCUT2D eigenvalue weighted by molar-refractivity contribution is -0.247. The van der Waals surface area contributed by atoms with Gasteiger partial charge in [0.1, 0.15) is 17.8 Å². The molecule has 8 atom stereocenters. The molecule has 3 aliphatic heterocycles. The number of aliphatic hydroxyl groups excluding tert-OH is 2. The summed E-state index contributed by atoms with van der Waals surface area (Å²) in [5.41, 5.74) is 0.261. The Balaban J connectivity index is 1.59. The smallest absolute Gasteiger partial charge is 0.410 e. The fourth-order valence-electron chi connectivity index (χ4n) is 5.38. The second kappa shape index (κ2) is 11.4. The highest BCUT2D eigenvalue weighted by molar-refractivity contribution is 6.74. The summed E-state index contributed by atoms with van der Waals surface area (Å²) in [6.45, 7) is 17.1. The minimum atomic E-state index is -2.15. The van der Waals surface area contributed by atoms with Crippen molar-refractivity contribution in [2.45, 2.75) is 121 Å². The number of nitrogens with zero attached hydrogens (tertiary/aromatic N) is 1. The molecule has 10 heteroatoms. The van der Waals surface area contributed by atoms with Crippen LogP contribution in [0.25, 0.3) is 0 Å². The Labute approximate surface area is 233 Å². The lowest BCUT2D eigenvalue weighted by atomic mass is 9.81. The van der Waals surface area contributed by atoms with E-state index in [2.05, 4.69) is 33.9 Å². The van der Waals surface area contributed by atoms with E-state index in [1.165, 1.54) is 0 Å². The maximum Gasteiger partial charge on any atom is 0.410 e. The molecule has 1 aromatic carbocycles. The zero-order chi connectivity index (χ0) is 28.8. The zero-order valence-electron chi connectivity index (χ0n) is 24.6. The van der Waals surface area contributed by atoms with Crippen LogP contribution in [0.1, 0.15) is 53.5 Å². The average Bonchev–Trinajstić information content (AvgIpc) is 3.45. The number of rotatable bonds is 7. The molecule has 3 heterocycles. The average molecular weight is 566 g/mol. The third-order valence-corrected chi connectivity index (χ3v) is 13.0. The summed E-state index contributed by atoms with van der Waals surface area (Å²) in [6, 6.07) is 9.07. The van der Waals surface area contributed by atoms with Gasteiger partial charge in [-0.1, -0.05) is 51.1 Å². The summed E-state index contributed by atoms with van der Waals surface area (Å²) in [5.74, 6) is -0.735. The van der Waals surface area contributed by atoms with Crippen molar-refractivity contribution in [1.82, 2.24) is 4.90 Å². The number of hydrogen-bond acceptors (Lipinski definition) is 8. The summed E-state index contributed by atoms with van der Waals surface area (Å²) in [7, 11) is -2.15. The highest BCUT2D eigenvalue weighted by atomic mass is 28.4. The first-order chi connectivity index (χ1) is 18.1. The van der Waals surface area contributed by atoms with E-state index in [0.717, 1.165) is 5.56 Å². The third-order valence-electron chi connectivity index (χ3n) is 8.43. The standard InChI is InChI=1S/C29H47NO8Si/c1-28(2,3)37-27(33)30-15-19(38-39(7,8)29(4,5)6)14-20(30)23(31)22-24(32)21-17-35-26(36-21)25(22)34-16-18-12-10-9-11-13-18/h9-13,19-26,31-32H,14-17H2,1-8H3/t19-,20+,21-,22+,23+,24+,25-,26-/m1/s1. The molecule has 0 spiro atoms. The number of ether oxygens (including phenoxy) is 4. The summed E-state index contributed by atoms with van der Waals surface area (Å²) >= 11 is 0. The van der Waals surface area contributed by atoms with Gasteiger partial charge in [-0.3, -0.25) is 4.90 Å². The molecule has 1 aromatic rings. The van der Waals surface area contributed by atoms with Gasteiger partial charge in [0.2, 0.25) is 0 Å². The molecule has 0 aromatic heterocycles. The number of carbonyl (C=O) groups excluding carboxylic acids is 1. The Bertz CT molecular complexity index is 978. The number of amides is 1. The van der Waals surface area contributed by atoms with Gasteiger partial charge in [-0.05, 0) is 50.9 Å². The van der Waals surface area contributed by atoms with Gasteiger partial charge >= 0.3 is 6.09 Å². The van der Waals surface area contributed by atoms with Gasteiger partial charge in [0.05, 0.1) is 37.6 Å². The number of aliphatic hydroxyl groups is 2. The van der Waals surface area contributed by atoms with Crippen molar-refractivity contribution in [3.63, 3.8) is 0 Å². The fourth-order valence-corrected chi connectivity index (χ4v) is 6.74. The Morgan fingerprint density at radius 2 is 1.82 bits per heavy atom. The summed E-state index contributed by atoms with van der Waals surface area (Å²) < 4.78 is 30.4. The van der Waals surface area contributed by atoms with Crippen LogP contribution in [0, 0.1) is 5.92 Å². The van der Waals surface area contributed by atoms with Gasteiger partial charge in [0.15, 0.2) is 14.6 Å².